The molecular weight excluding hydrogens is 292 g/mol. The van der Waals surface area contributed by atoms with Gasteiger partial charge in [0, 0.05) is 20.0 Å². The second kappa shape index (κ2) is 6.69. The van der Waals surface area contributed by atoms with Crippen LogP contribution in [0.4, 0.5) is 0 Å². The van der Waals surface area contributed by atoms with Crippen molar-refractivity contribution in [3.05, 3.63) is 60.1 Å². The van der Waals surface area contributed by atoms with Crippen molar-refractivity contribution in [3.63, 3.8) is 0 Å². The van der Waals surface area contributed by atoms with Crippen molar-refractivity contribution in [2.75, 3.05) is 7.05 Å². The van der Waals surface area contributed by atoms with Crippen LogP contribution in [0, 0.1) is 0 Å². The van der Waals surface area contributed by atoms with Gasteiger partial charge in [-0.3, -0.25) is 9.59 Å². The van der Waals surface area contributed by atoms with Gasteiger partial charge in [0.1, 0.15) is 11.8 Å². The van der Waals surface area contributed by atoms with E-state index in [2.05, 4.69) is 0 Å². The SMILES string of the molecule is CN(Cc1ccccc1)C(=O)[C@H]1CCC(=O)N1Cc1ccco1. The van der Waals surface area contributed by atoms with Crippen LogP contribution < -0.4 is 0 Å². The second-order valence-electron chi connectivity index (χ2n) is 5.84. The molecule has 3 rings (SSSR count). The lowest BCUT2D eigenvalue weighted by Gasteiger charge is -2.27. The quantitative estimate of drug-likeness (QED) is 0.852. The molecule has 1 saturated heterocycles. The molecule has 2 amide bonds. The van der Waals surface area contributed by atoms with Crippen LogP contribution in [0.25, 0.3) is 0 Å². The number of likely N-dealkylation sites (N-methyl/N-ethyl adjacent to an activating group) is 1. The molecule has 1 aromatic carbocycles. The summed E-state index contributed by atoms with van der Waals surface area (Å²) in [4.78, 5) is 28.2. The molecule has 1 atom stereocenters. The molecule has 0 saturated carbocycles. The Labute approximate surface area is 135 Å². The maximum Gasteiger partial charge on any atom is 0.245 e. The monoisotopic (exact) mass is 312 g/mol. The number of hydrogen-bond donors (Lipinski definition) is 0. The Kier molecular flexibility index (Phi) is 4.46. The van der Waals surface area contributed by atoms with E-state index >= 15 is 0 Å². The minimum absolute atomic E-state index is 0.00728. The van der Waals surface area contributed by atoms with E-state index in [1.165, 1.54) is 0 Å². The third-order valence-electron chi connectivity index (χ3n) is 4.16. The first-order valence-corrected chi connectivity index (χ1v) is 7.76. The highest BCUT2D eigenvalue weighted by atomic mass is 16.3. The highest BCUT2D eigenvalue weighted by Crippen LogP contribution is 2.23. The van der Waals surface area contributed by atoms with Gasteiger partial charge >= 0.3 is 0 Å². The standard InChI is InChI=1S/C18H20N2O3/c1-19(12-14-6-3-2-4-7-14)18(22)16-9-10-17(21)20(16)13-15-8-5-11-23-15/h2-8,11,16H,9-10,12-13H2,1H3/t16-/m1/s1. The van der Waals surface area contributed by atoms with Crippen molar-refractivity contribution in [2.24, 2.45) is 0 Å². The Hall–Kier alpha value is -2.56. The van der Waals surface area contributed by atoms with Crippen molar-refractivity contribution in [3.8, 4) is 0 Å². The van der Waals surface area contributed by atoms with Crippen molar-refractivity contribution in [2.45, 2.75) is 32.0 Å². The largest absolute Gasteiger partial charge is 0.467 e. The smallest absolute Gasteiger partial charge is 0.245 e. The van der Waals surface area contributed by atoms with Gasteiger partial charge in [-0.15, -0.1) is 0 Å². The number of amides is 2. The van der Waals surface area contributed by atoms with E-state index in [4.69, 9.17) is 4.42 Å². The summed E-state index contributed by atoms with van der Waals surface area (Å²) in [5.41, 5.74) is 1.07. The zero-order chi connectivity index (χ0) is 16.2. The van der Waals surface area contributed by atoms with Crippen LogP contribution in [0.2, 0.25) is 0 Å². The zero-order valence-corrected chi connectivity index (χ0v) is 13.1. The molecular formula is C18H20N2O3. The van der Waals surface area contributed by atoms with Crippen LogP contribution in [0.3, 0.4) is 0 Å². The van der Waals surface area contributed by atoms with Crippen LogP contribution in [-0.4, -0.2) is 34.7 Å². The van der Waals surface area contributed by atoms with Crippen LogP contribution in [0.1, 0.15) is 24.2 Å². The average Bonchev–Trinajstić information content (AvgIpc) is 3.19. The maximum absolute atomic E-state index is 12.7. The number of benzene rings is 1. The first-order chi connectivity index (χ1) is 11.1. The molecule has 0 unspecified atom stereocenters. The number of hydrogen-bond acceptors (Lipinski definition) is 3. The van der Waals surface area contributed by atoms with E-state index in [1.807, 2.05) is 36.4 Å². The predicted octanol–water partition coefficient (Wildman–Crippen LogP) is 2.43. The number of carbonyl (C=O) groups is 2. The summed E-state index contributed by atoms with van der Waals surface area (Å²) in [5.74, 6) is 0.683. The van der Waals surface area contributed by atoms with Gasteiger partial charge in [-0.05, 0) is 24.1 Å². The zero-order valence-electron chi connectivity index (χ0n) is 13.1. The lowest BCUT2D eigenvalue weighted by atomic mass is 10.1. The summed E-state index contributed by atoms with van der Waals surface area (Å²) in [5, 5.41) is 0. The van der Waals surface area contributed by atoms with Crippen LogP contribution in [0.5, 0.6) is 0 Å². The third-order valence-corrected chi connectivity index (χ3v) is 4.16. The first kappa shape index (κ1) is 15.3. The minimum atomic E-state index is -0.402. The Bertz CT molecular complexity index is 667. The molecule has 1 aliphatic rings. The predicted molar refractivity (Wildman–Crippen MR) is 85.2 cm³/mol. The van der Waals surface area contributed by atoms with Gasteiger partial charge in [0.05, 0.1) is 12.8 Å². The van der Waals surface area contributed by atoms with Gasteiger partial charge < -0.3 is 14.2 Å². The highest BCUT2D eigenvalue weighted by molar-refractivity contribution is 5.90. The number of furan rings is 1. The lowest BCUT2D eigenvalue weighted by Crippen LogP contribution is -2.44. The molecule has 2 aromatic rings. The number of nitrogens with zero attached hydrogens (tertiary/aromatic N) is 2. The number of likely N-dealkylation sites (tertiary alicyclic amines) is 1. The van der Waals surface area contributed by atoms with Gasteiger partial charge in [-0.25, -0.2) is 0 Å². The molecule has 23 heavy (non-hydrogen) atoms. The summed E-state index contributed by atoms with van der Waals surface area (Å²) in [6.45, 7) is 0.889. The van der Waals surface area contributed by atoms with Gasteiger partial charge in [0.15, 0.2) is 0 Å². The lowest BCUT2D eigenvalue weighted by molar-refractivity contribution is -0.141. The molecule has 5 nitrogen and oxygen atoms in total. The Morgan fingerprint density at radius 2 is 2.04 bits per heavy atom. The number of carbonyl (C=O) groups excluding carboxylic acids is 2. The summed E-state index contributed by atoms with van der Waals surface area (Å²) < 4.78 is 5.31. The molecule has 120 valence electrons. The van der Waals surface area contributed by atoms with Crippen molar-refractivity contribution < 1.29 is 14.0 Å². The van der Waals surface area contributed by atoms with Crippen LogP contribution in [-0.2, 0) is 22.7 Å². The molecule has 0 N–H and O–H groups in total. The molecule has 1 aliphatic heterocycles. The van der Waals surface area contributed by atoms with E-state index in [9.17, 15) is 9.59 Å². The Morgan fingerprint density at radius 1 is 1.26 bits per heavy atom. The fourth-order valence-electron chi connectivity index (χ4n) is 2.95. The normalized spacial score (nSPS) is 17.5. The second-order valence-corrected chi connectivity index (χ2v) is 5.84. The summed E-state index contributed by atoms with van der Waals surface area (Å²) in [6.07, 6.45) is 2.56. The fourth-order valence-corrected chi connectivity index (χ4v) is 2.95. The van der Waals surface area contributed by atoms with Crippen molar-refractivity contribution >= 4 is 11.8 Å². The van der Waals surface area contributed by atoms with Gasteiger partial charge in [0.25, 0.3) is 0 Å². The molecule has 2 heterocycles. The van der Waals surface area contributed by atoms with Crippen LogP contribution >= 0.6 is 0 Å². The molecule has 5 heteroatoms. The molecule has 0 spiro atoms. The molecule has 0 bridgehead atoms. The maximum atomic E-state index is 12.7. The fraction of sp³-hybridized carbons (Fsp3) is 0.333. The van der Waals surface area contributed by atoms with Crippen LogP contribution in [0.15, 0.2) is 53.1 Å². The first-order valence-electron chi connectivity index (χ1n) is 7.76. The molecule has 1 aromatic heterocycles. The average molecular weight is 312 g/mol. The summed E-state index contributed by atoms with van der Waals surface area (Å²) in [6, 6.07) is 13.0. The van der Waals surface area contributed by atoms with Crippen molar-refractivity contribution in [1.82, 2.24) is 9.80 Å². The Balaban J connectivity index is 1.68. The molecule has 0 radical (unpaired) electrons. The van der Waals surface area contributed by atoms with E-state index in [0.717, 1.165) is 5.56 Å². The van der Waals surface area contributed by atoms with E-state index in [0.29, 0.717) is 31.7 Å². The number of rotatable bonds is 5. The van der Waals surface area contributed by atoms with E-state index < -0.39 is 6.04 Å². The molecule has 1 fully saturated rings. The van der Waals surface area contributed by atoms with E-state index in [1.54, 1.807) is 29.2 Å². The third kappa shape index (κ3) is 3.44. The van der Waals surface area contributed by atoms with Crippen molar-refractivity contribution in [1.29, 1.82) is 0 Å². The summed E-state index contributed by atoms with van der Waals surface area (Å²) in [7, 11) is 1.78. The van der Waals surface area contributed by atoms with Gasteiger partial charge in [-0.2, -0.15) is 0 Å². The highest BCUT2D eigenvalue weighted by Gasteiger charge is 2.37. The summed E-state index contributed by atoms with van der Waals surface area (Å²) >= 11 is 0. The van der Waals surface area contributed by atoms with Gasteiger partial charge in [0.2, 0.25) is 11.8 Å². The van der Waals surface area contributed by atoms with Gasteiger partial charge in [-0.1, -0.05) is 30.3 Å². The topological polar surface area (TPSA) is 53.8 Å². The van der Waals surface area contributed by atoms with E-state index in [-0.39, 0.29) is 11.8 Å². The minimum Gasteiger partial charge on any atom is -0.467 e. The molecule has 0 aliphatic carbocycles. The Morgan fingerprint density at radius 3 is 2.74 bits per heavy atom.